The van der Waals surface area contributed by atoms with E-state index in [1.807, 2.05) is 38.1 Å². The van der Waals surface area contributed by atoms with E-state index >= 15 is 0 Å². The summed E-state index contributed by atoms with van der Waals surface area (Å²) in [6, 6.07) is 11.6. The summed E-state index contributed by atoms with van der Waals surface area (Å²) < 4.78 is 0. The number of nitrogens with one attached hydrogen (secondary N) is 2. The average molecular weight is 437 g/mol. The maximum Gasteiger partial charge on any atom is 0.251 e. The first-order valence-corrected chi connectivity index (χ1v) is 11.4. The Morgan fingerprint density at radius 3 is 2.56 bits per heavy atom. The minimum Gasteiger partial charge on any atom is -0.506 e. The lowest BCUT2D eigenvalue weighted by atomic mass is 9.82. The van der Waals surface area contributed by atoms with E-state index in [-0.39, 0.29) is 24.4 Å². The Kier molecular flexibility index (Phi) is 6.74. The number of aromatic hydroxyl groups is 1. The number of aromatic nitrogens is 1. The molecule has 1 aliphatic carbocycles. The normalized spacial score (nSPS) is 21.6. The highest BCUT2D eigenvalue weighted by Gasteiger charge is 2.36. The van der Waals surface area contributed by atoms with Crippen molar-refractivity contribution < 1.29 is 14.7 Å². The molecule has 0 unspecified atom stereocenters. The van der Waals surface area contributed by atoms with Gasteiger partial charge in [-0.3, -0.25) is 19.5 Å². The number of benzene rings is 1. The molecule has 1 saturated carbocycles. The molecule has 2 aliphatic rings. The van der Waals surface area contributed by atoms with Crippen LogP contribution in [-0.4, -0.2) is 58.5 Å². The summed E-state index contributed by atoms with van der Waals surface area (Å²) >= 11 is 0. The van der Waals surface area contributed by atoms with Crippen molar-refractivity contribution in [2.75, 3.05) is 19.6 Å². The van der Waals surface area contributed by atoms with E-state index in [1.54, 1.807) is 12.1 Å². The number of hydrogen-bond donors (Lipinski definition) is 3. The van der Waals surface area contributed by atoms with Gasteiger partial charge in [-0.1, -0.05) is 17.7 Å². The highest BCUT2D eigenvalue weighted by atomic mass is 16.3. The molecule has 2 fully saturated rings. The van der Waals surface area contributed by atoms with Gasteiger partial charge in [0.2, 0.25) is 5.91 Å². The molecule has 2 heterocycles. The molecule has 0 radical (unpaired) electrons. The molecule has 32 heavy (non-hydrogen) atoms. The Hall–Kier alpha value is -2.93. The number of hydrogen-bond acceptors (Lipinski definition) is 5. The molecule has 1 saturated heterocycles. The van der Waals surface area contributed by atoms with Gasteiger partial charge in [0.25, 0.3) is 5.91 Å². The smallest absolute Gasteiger partial charge is 0.251 e. The molecule has 1 aliphatic heterocycles. The molecule has 0 atom stereocenters. The monoisotopic (exact) mass is 436 g/mol. The number of aryl methyl sites for hydroxylation is 2. The zero-order valence-corrected chi connectivity index (χ0v) is 18.8. The van der Waals surface area contributed by atoms with E-state index in [2.05, 4.69) is 20.5 Å². The van der Waals surface area contributed by atoms with Crippen LogP contribution < -0.4 is 10.6 Å². The Bertz CT molecular complexity index is 979. The van der Waals surface area contributed by atoms with E-state index in [9.17, 15) is 14.7 Å². The van der Waals surface area contributed by atoms with Gasteiger partial charge in [-0.25, -0.2) is 0 Å². The zero-order valence-electron chi connectivity index (χ0n) is 18.8. The van der Waals surface area contributed by atoms with Gasteiger partial charge < -0.3 is 15.7 Å². The lowest BCUT2D eigenvalue weighted by Gasteiger charge is -2.46. The second kappa shape index (κ2) is 9.69. The molecule has 2 aromatic rings. The van der Waals surface area contributed by atoms with Crippen LogP contribution in [0.3, 0.4) is 0 Å². The third-order valence-electron chi connectivity index (χ3n) is 6.61. The van der Waals surface area contributed by atoms with Crippen molar-refractivity contribution in [3.8, 4) is 5.75 Å². The van der Waals surface area contributed by atoms with E-state index in [0.717, 1.165) is 55.7 Å². The second-order valence-corrected chi connectivity index (χ2v) is 9.13. The molecule has 7 heteroatoms. The van der Waals surface area contributed by atoms with E-state index < -0.39 is 0 Å². The fourth-order valence-corrected chi connectivity index (χ4v) is 4.81. The van der Waals surface area contributed by atoms with Crippen molar-refractivity contribution >= 4 is 11.8 Å². The Morgan fingerprint density at radius 2 is 1.84 bits per heavy atom. The summed E-state index contributed by atoms with van der Waals surface area (Å²) in [6.45, 7) is 5.57. The molecule has 0 bridgehead atoms. The van der Waals surface area contributed by atoms with Gasteiger partial charge in [0.15, 0.2) is 0 Å². The first-order valence-electron chi connectivity index (χ1n) is 11.4. The Balaban J connectivity index is 1.16. The SMILES string of the molecule is Cc1cccc(C(=O)NCC(=O)NC2CN(C3CCC(c4nc(C)ccc4O)CC3)C2)c1. The minimum atomic E-state index is -0.231. The second-order valence-electron chi connectivity index (χ2n) is 9.13. The lowest BCUT2D eigenvalue weighted by molar-refractivity contribution is -0.122. The first-order chi connectivity index (χ1) is 15.4. The molecule has 3 N–H and O–H groups in total. The number of pyridine rings is 1. The average Bonchev–Trinajstić information content (AvgIpc) is 2.76. The molecule has 4 rings (SSSR count). The van der Waals surface area contributed by atoms with Gasteiger partial charge >= 0.3 is 0 Å². The fraction of sp³-hybridized carbons (Fsp3) is 0.480. The number of likely N-dealkylation sites (tertiary alicyclic amines) is 1. The molecular formula is C25H32N4O3. The van der Waals surface area contributed by atoms with Gasteiger partial charge in [-0.15, -0.1) is 0 Å². The van der Waals surface area contributed by atoms with Crippen molar-refractivity contribution in [1.29, 1.82) is 0 Å². The highest BCUT2D eigenvalue weighted by Crippen LogP contribution is 2.38. The number of amides is 2. The molecule has 1 aromatic carbocycles. The maximum absolute atomic E-state index is 12.2. The summed E-state index contributed by atoms with van der Waals surface area (Å²) in [5.74, 6) is 0.241. The van der Waals surface area contributed by atoms with Gasteiger partial charge in [-0.05, 0) is 63.8 Å². The lowest BCUT2D eigenvalue weighted by Crippen LogP contribution is -2.63. The largest absolute Gasteiger partial charge is 0.506 e. The summed E-state index contributed by atoms with van der Waals surface area (Å²) in [5, 5.41) is 15.9. The summed E-state index contributed by atoms with van der Waals surface area (Å²) in [4.78, 5) is 31.4. The predicted octanol–water partition coefficient (Wildman–Crippen LogP) is 2.66. The van der Waals surface area contributed by atoms with Crippen LogP contribution in [0.4, 0.5) is 0 Å². The van der Waals surface area contributed by atoms with Crippen LogP contribution in [0.5, 0.6) is 5.75 Å². The van der Waals surface area contributed by atoms with Gasteiger partial charge in [0.1, 0.15) is 5.75 Å². The number of carbonyl (C=O) groups excluding carboxylic acids is 2. The highest BCUT2D eigenvalue weighted by molar-refractivity contribution is 5.96. The van der Waals surface area contributed by atoms with Crippen LogP contribution in [0.1, 0.15) is 58.9 Å². The van der Waals surface area contributed by atoms with Crippen molar-refractivity contribution in [3.63, 3.8) is 0 Å². The molecule has 2 amide bonds. The maximum atomic E-state index is 12.2. The van der Waals surface area contributed by atoms with Crippen LogP contribution in [0, 0.1) is 13.8 Å². The summed E-state index contributed by atoms with van der Waals surface area (Å²) in [5.41, 5.74) is 3.36. The van der Waals surface area contributed by atoms with Gasteiger partial charge in [-0.2, -0.15) is 0 Å². The topological polar surface area (TPSA) is 94.6 Å². The number of rotatable bonds is 6. The van der Waals surface area contributed by atoms with E-state index in [1.165, 1.54) is 0 Å². The Labute approximate surface area is 189 Å². The molecular weight excluding hydrogens is 404 g/mol. The standard InChI is InChI=1S/C25H32N4O3/c1-16-4-3-5-19(12-16)25(32)26-13-23(31)28-20-14-29(15-20)21-9-7-18(8-10-21)24-22(30)11-6-17(2)27-24/h3-6,11-12,18,20-21,30H,7-10,13-15H2,1-2H3,(H,26,32)(H,28,31). The van der Waals surface area contributed by atoms with Crippen LogP contribution in [0.25, 0.3) is 0 Å². The summed E-state index contributed by atoms with van der Waals surface area (Å²) in [6.07, 6.45) is 4.19. The zero-order chi connectivity index (χ0) is 22.7. The third kappa shape index (κ3) is 5.27. The van der Waals surface area contributed by atoms with E-state index in [0.29, 0.717) is 23.3 Å². The third-order valence-corrected chi connectivity index (χ3v) is 6.61. The molecule has 7 nitrogen and oxygen atoms in total. The van der Waals surface area contributed by atoms with Crippen LogP contribution in [-0.2, 0) is 4.79 Å². The summed E-state index contributed by atoms with van der Waals surface area (Å²) in [7, 11) is 0. The van der Waals surface area contributed by atoms with Crippen molar-refractivity contribution in [2.24, 2.45) is 0 Å². The predicted molar refractivity (Wildman–Crippen MR) is 123 cm³/mol. The van der Waals surface area contributed by atoms with Crippen LogP contribution >= 0.6 is 0 Å². The molecule has 0 spiro atoms. The molecule has 170 valence electrons. The fourth-order valence-electron chi connectivity index (χ4n) is 4.81. The van der Waals surface area contributed by atoms with Gasteiger partial charge in [0, 0.05) is 36.3 Å². The van der Waals surface area contributed by atoms with Crippen LogP contribution in [0.2, 0.25) is 0 Å². The van der Waals surface area contributed by atoms with Gasteiger partial charge in [0.05, 0.1) is 18.3 Å². The van der Waals surface area contributed by atoms with Crippen molar-refractivity contribution in [1.82, 2.24) is 20.5 Å². The first kappa shape index (κ1) is 22.3. The number of nitrogens with zero attached hydrogens (tertiary/aromatic N) is 2. The Morgan fingerprint density at radius 1 is 1.09 bits per heavy atom. The number of carbonyl (C=O) groups is 2. The minimum absolute atomic E-state index is 0.0125. The molecule has 1 aromatic heterocycles. The van der Waals surface area contributed by atoms with Crippen molar-refractivity contribution in [2.45, 2.75) is 57.5 Å². The van der Waals surface area contributed by atoms with E-state index in [4.69, 9.17) is 0 Å². The quantitative estimate of drug-likeness (QED) is 0.647. The van der Waals surface area contributed by atoms with Crippen LogP contribution in [0.15, 0.2) is 36.4 Å². The van der Waals surface area contributed by atoms with Crippen molar-refractivity contribution in [3.05, 3.63) is 58.9 Å².